The highest BCUT2D eigenvalue weighted by Gasteiger charge is 2.20. The lowest BCUT2D eigenvalue weighted by Gasteiger charge is -2.01. The van der Waals surface area contributed by atoms with Gasteiger partial charge in [0.25, 0.3) is 0 Å². The molecule has 3 nitrogen and oxygen atoms in total. The molecular formula is C12H12ClNO2. The van der Waals surface area contributed by atoms with Crippen LogP contribution in [0, 0.1) is 0 Å². The first-order valence-electron chi connectivity index (χ1n) is 5.07. The summed E-state index contributed by atoms with van der Waals surface area (Å²) in [4.78, 5) is 11.2. The Kier molecular flexibility index (Phi) is 2.64. The summed E-state index contributed by atoms with van der Waals surface area (Å²) in [5.74, 6) is -0.911. The first-order chi connectivity index (χ1) is 7.57. The lowest BCUT2D eigenvalue weighted by Crippen LogP contribution is -2.06. The highest BCUT2D eigenvalue weighted by Crippen LogP contribution is 2.30. The van der Waals surface area contributed by atoms with E-state index in [0.717, 1.165) is 16.5 Å². The highest BCUT2D eigenvalue weighted by molar-refractivity contribution is 6.35. The van der Waals surface area contributed by atoms with Gasteiger partial charge in [-0.25, -0.2) is 4.79 Å². The van der Waals surface area contributed by atoms with Crippen LogP contribution in [0.15, 0.2) is 18.2 Å². The third-order valence-electron chi connectivity index (χ3n) is 2.82. The van der Waals surface area contributed by atoms with Gasteiger partial charge in [0.05, 0.1) is 10.5 Å². The van der Waals surface area contributed by atoms with E-state index in [0.29, 0.717) is 17.1 Å². The fraction of sp³-hybridized carbons (Fsp3) is 0.250. The number of halogens is 1. The third-order valence-corrected chi connectivity index (χ3v) is 3.13. The Balaban J connectivity index is 2.96. The van der Waals surface area contributed by atoms with Crippen LogP contribution in [0.25, 0.3) is 10.9 Å². The van der Waals surface area contributed by atoms with Crippen LogP contribution < -0.4 is 0 Å². The minimum Gasteiger partial charge on any atom is -0.477 e. The fourth-order valence-corrected chi connectivity index (χ4v) is 2.47. The molecule has 0 aliphatic rings. The van der Waals surface area contributed by atoms with Crippen molar-refractivity contribution in [2.24, 2.45) is 7.05 Å². The number of aromatic nitrogens is 1. The molecule has 1 heterocycles. The van der Waals surface area contributed by atoms with Crippen molar-refractivity contribution in [1.82, 2.24) is 4.57 Å². The second-order valence-electron chi connectivity index (χ2n) is 3.68. The average Bonchev–Trinajstić information content (AvgIpc) is 2.52. The lowest BCUT2D eigenvalue weighted by atomic mass is 10.1. The van der Waals surface area contributed by atoms with E-state index >= 15 is 0 Å². The van der Waals surface area contributed by atoms with Gasteiger partial charge in [-0.15, -0.1) is 0 Å². The number of rotatable bonds is 2. The van der Waals surface area contributed by atoms with Crippen molar-refractivity contribution in [2.45, 2.75) is 13.3 Å². The van der Waals surface area contributed by atoms with Crippen molar-refractivity contribution in [3.63, 3.8) is 0 Å². The molecule has 0 saturated carbocycles. The number of fused-ring (bicyclic) bond motifs is 1. The molecule has 2 aromatic rings. The largest absolute Gasteiger partial charge is 0.477 e. The van der Waals surface area contributed by atoms with Gasteiger partial charge in [0.15, 0.2) is 0 Å². The number of para-hydroxylation sites is 1. The molecule has 1 aromatic carbocycles. The van der Waals surface area contributed by atoms with E-state index in [1.807, 2.05) is 19.1 Å². The number of aromatic carboxylic acids is 1. The predicted octanol–water partition coefficient (Wildman–Crippen LogP) is 3.09. The molecule has 1 N–H and O–H groups in total. The van der Waals surface area contributed by atoms with E-state index in [9.17, 15) is 9.90 Å². The summed E-state index contributed by atoms with van der Waals surface area (Å²) >= 11 is 6.10. The topological polar surface area (TPSA) is 42.2 Å². The van der Waals surface area contributed by atoms with Crippen LogP contribution in [0.3, 0.4) is 0 Å². The van der Waals surface area contributed by atoms with Crippen molar-refractivity contribution < 1.29 is 9.90 Å². The van der Waals surface area contributed by atoms with Crippen LogP contribution >= 0.6 is 11.6 Å². The molecule has 0 radical (unpaired) electrons. The Morgan fingerprint density at radius 2 is 2.19 bits per heavy atom. The molecule has 0 spiro atoms. The van der Waals surface area contributed by atoms with Crippen LogP contribution in [0.4, 0.5) is 0 Å². The summed E-state index contributed by atoms with van der Waals surface area (Å²) in [6, 6.07) is 5.52. The number of carboxylic acid groups (broad SMARTS) is 1. The normalized spacial score (nSPS) is 10.9. The number of hydrogen-bond acceptors (Lipinski definition) is 1. The molecule has 0 fully saturated rings. The van der Waals surface area contributed by atoms with E-state index in [1.165, 1.54) is 0 Å². The van der Waals surface area contributed by atoms with Crippen molar-refractivity contribution >= 4 is 28.5 Å². The number of benzene rings is 1. The Morgan fingerprint density at radius 3 is 2.75 bits per heavy atom. The summed E-state index contributed by atoms with van der Waals surface area (Å²) in [5.41, 5.74) is 1.96. The predicted molar refractivity (Wildman–Crippen MR) is 64.3 cm³/mol. The summed E-state index contributed by atoms with van der Waals surface area (Å²) < 4.78 is 1.65. The van der Waals surface area contributed by atoms with Gasteiger partial charge < -0.3 is 9.67 Å². The van der Waals surface area contributed by atoms with Crippen molar-refractivity contribution in [3.05, 3.63) is 34.5 Å². The van der Waals surface area contributed by atoms with Gasteiger partial charge in [-0.3, -0.25) is 0 Å². The molecule has 16 heavy (non-hydrogen) atoms. The molecule has 0 bridgehead atoms. The number of carbonyl (C=O) groups is 1. The summed E-state index contributed by atoms with van der Waals surface area (Å²) in [6.45, 7) is 1.95. The quantitative estimate of drug-likeness (QED) is 0.872. The molecule has 0 amide bonds. The summed E-state index contributed by atoms with van der Waals surface area (Å²) in [6.07, 6.45) is 0.680. The highest BCUT2D eigenvalue weighted by atomic mass is 35.5. The zero-order valence-corrected chi connectivity index (χ0v) is 9.88. The molecule has 1 aromatic heterocycles. The van der Waals surface area contributed by atoms with Crippen LogP contribution in [-0.4, -0.2) is 15.6 Å². The Hall–Kier alpha value is -1.48. The average molecular weight is 238 g/mol. The van der Waals surface area contributed by atoms with Crippen molar-refractivity contribution in [3.8, 4) is 0 Å². The molecule has 0 saturated heterocycles. The van der Waals surface area contributed by atoms with Crippen LogP contribution in [0.2, 0.25) is 5.02 Å². The van der Waals surface area contributed by atoms with Gasteiger partial charge in [0, 0.05) is 12.4 Å². The maximum atomic E-state index is 11.2. The van der Waals surface area contributed by atoms with Gasteiger partial charge in [-0.1, -0.05) is 30.7 Å². The van der Waals surface area contributed by atoms with E-state index in [-0.39, 0.29) is 0 Å². The first kappa shape index (κ1) is 11.0. The smallest absolute Gasteiger partial charge is 0.352 e. The van der Waals surface area contributed by atoms with Gasteiger partial charge in [0.1, 0.15) is 5.69 Å². The number of nitrogens with zero attached hydrogens (tertiary/aromatic N) is 1. The second-order valence-corrected chi connectivity index (χ2v) is 4.09. The molecule has 4 heteroatoms. The number of hydrogen-bond donors (Lipinski definition) is 1. The minimum atomic E-state index is -0.911. The van der Waals surface area contributed by atoms with Gasteiger partial charge in [0.2, 0.25) is 0 Å². The summed E-state index contributed by atoms with van der Waals surface area (Å²) in [7, 11) is 1.73. The van der Waals surface area contributed by atoms with Gasteiger partial charge in [-0.2, -0.15) is 0 Å². The van der Waals surface area contributed by atoms with Crippen molar-refractivity contribution in [2.75, 3.05) is 0 Å². The van der Waals surface area contributed by atoms with E-state index in [4.69, 9.17) is 11.6 Å². The maximum Gasteiger partial charge on any atom is 0.352 e. The maximum absolute atomic E-state index is 11.2. The van der Waals surface area contributed by atoms with E-state index < -0.39 is 5.97 Å². The number of carboxylic acids is 1. The molecule has 0 aliphatic heterocycles. The first-order valence-corrected chi connectivity index (χ1v) is 5.44. The van der Waals surface area contributed by atoms with Crippen LogP contribution in [0.1, 0.15) is 23.0 Å². The number of aryl methyl sites for hydroxylation is 2. The Labute approximate surface area is 98.3 Å². The Bertz CT molecular complexity index is 572. The molecule has 2 rings (SSSR count). The fourth-order valence-electron chi connectivity index (χ4n) is 2.17. The molecule has 84 valence electrons. The molecular weight excluding hydrogens is 226 g/mol. The SMILES string of the molecule is CCc1c(C(=O)O)n(C)c2c(Cl)cccc12. The summed E-state index contributed by atoms with van der Waals surface area (Å²) in [5, 5.41) is 10.7. The second kappa shape index (κ2) is 3.83. The van der Waals surface area contributed by atoms with E-state index in [1.54, 1.807) is 17.7 Å². The Morgan fingerprint density at radius 1 is 1.50 bits per heavy atom. The van der Waals surface area contributed by atoms with Gasteiger partial charge in [-0.05, 0) is 18.1 Å². The van der Waals surface area contributed by atoms with Crippen LogP contribution in [-0.2, 0) is 13.5 Å². The monoisotopic (exact) mass is 237 g/mol. The molecule has 0 unspecified atom stereocenters. The van der Waals surface area contributed by atoms with Crippen molar-refractivity contribution in [1.29, 1.82) is 0 Å². The minimum absolute atomic E-state index is 0.325. The lowest BCUT2D eigenvalue weighted by molar-refractivity contribution is 0.0686. The zero-order valence-electron chi connectivity index (χ0n) is 9.12. The molecule has 0 atom stereocenters. The third kappa shape index (κ3) is 1.39. The molecule has 0 aliphatic carbocycles. The standard InChI is InChI=1S/C12H12ClNO2/c1-3-7-8-5-4-6-9(13)10(8)14(2)11(7)12(15)16/h4-6H,3H2,1-2H3,(H,15,16). The zero-order chi connectivity index (χ0) is 11.9. The van der Waals surface area contributed by atoms with Crippen LogP contribution in [0.5, 0.6) is 0 Å². The van der Waals surface area contributed by atoms with Gasteiger partial charge >= 0.3 is 5.97 Å². The van der Waals surface area contributed by atoms with E-state index in [2.05, 4.69) is 0 Å².